The standard InChI is InChI=1S/C8H12N2O2.ClH/c1-8(10,7(11)12)5-3-2-4-6-9;/h3,5H,2,4,10H2,1H3,(H,11,12);1H/b5-3-;. The van der Waals surface area contributed by atoms with Crippen molar-refractivity contribution in [3.8, 4) is 6.07 Å². The van der Waals surface area contributed by atoms with Crippen molar-refractivity contribution in [3.63, 3.8) is 0 Å². The Labute approximate surface area is 83.4 Å². The molecule has 0 bridgehead atoms. The van der Waals surface area contributed by atoms with Crippen molar-refractivity contribution in [1.82, 2.24) is 0 Å². The molecule has 1 atom stereocenters. The lowest BCUT2D eigenvalue weighted by Gasteiger charge is -2.12. The summed E-state index contributed by atoms with van der Waals surface area (Å²) in [5.74, 6) is -1.07. The molecule has 0 spiro atoms. The fourth-order valence-corrected chi connectivity index (χ4v) is 0.547. The largest absolute Gasteiger partial charge is 0.480 e. The van der Waals surface area contributed by atoms with Crippen LogP contribution in [0.5, 0.6) is 0 Å². The number of allylic oxidation sites excluding steroid dienone is 1. The molecule has 0 saturated heterocycles. The number of hydrogen-bond acceptors (Lipinski definition) is 3. The third-order valence-electron chi connectivity index (χ3n) is 1.35. The van der Waals surface area contributed by atoms with Crippen LogP contribution in [-0.2, 0) is 4.79 Å². The first kappa shape index (κ1) is 14.5. The third kappa shape index (κ3) is 6.14. The van der Waals surface area contributed by atoms with Crippen LogP contribution in [0.3, 0.4) is 0 Å². The molecule has 0 saturated carbocycles. The fraction of sp³-hybridized carbons (Fsp3) is 0.500. The molecule has 0 rings (SSSR count). The predicted octanol–water partition coefficient (Wildman–Crippen LogP) is 1.07. The Morgan fingerprint density at radius 3 is 2.69 bits per heavy atom. The maximum absolute atomic E-state index is 10.4. The number of nitrogens with zero attached hydrogens (tertiary/aromatic N) is 1. The first-order chi connectivity index (χ1) is 5.50. The SMILES string of the molecule is CC(N)(/C=C\CCC#N)C(=O)O.Cl. The van der Waals surface area contributed by atoms with Gasteiger partial charge in [0.1, 0.15) is 5.54 Å². The zero-order valence-corrected chi connectivity index (χ0v) is 8.17. The van der Waals surface area contributed by atoms with Crippen LogP contribution in [0.15, 0.2) is 12.2 Å². The average molecular weight is 205 g/mol. The summed E-state index contributed by atoms with van der Waals surface area (Å²) >= 11 is 0. The van der Waals surface area contributed by atoms with Gasteiger partial charge in [-0.3, -0.25) is 0 Å². The molecule has 74 valence electrons. The maximum atomic E-state index is 10.4. The summed E-state index contributed by atoms with van der Waals surface area (Å²) < 4.78 is 0. The molecule has 0 aliphatic rings. The Morgan fingerprint density at radius 1 is 1.77 bits per heavy atom. The minimum atomic E-state index is -1.32. The molecule has 4 nitrogen and oxygen atoms in total. The number of carbonyl (C=O) groups is 1. The highest BCUT2D eigenvalue weighted by atomic mass is 35.5. The van der Waals surface area contributed by atoms with Gasteiger partial charge < -0.3 is 10.8 Å². The van der Waals surface area contributed by atoms with Gasteiger partial charge in [0.15, 0.2) is 0 Å². The molecule has 0 aliphatic carbocycles. The smallest absolute Gasteiger partial charge is 0.327 e. The van der Waals surface area contributed by atoms with Crippen molar-refractivity contribution in [2.45, 2.75) is 25.3 Å². The van der Waals surface area contributed by atoms with E-state index in [1.54, 1.807) is 6.08 Å². The van der Waals surface area contributed by atoms with E-state index in [1.165, 1.54) is 13.0 Å². The Bertz CT molecular complexity index is 231. The Balaban J connectivity index is 0. The van der Waals surface area contributed by atoms with E-state index in [9.17, 15) is 4.79 Å². The Kier molecular flexibility index (Phi) is 7.20. The molecule has 0 amide bonds. The van der Waals surface area contributed by atoms with Crippen LogP contribution in [-0.4, -0.2) is 16.6 Å². The van der Waals surface area contributed by atoms with Crippen LogP contribution in [0.25, 0.3) is 0 Å². The lowest BCUT2D eigenvalue weighted by molar-refractivity contribution is -0.140. The summed E-state index contributed by atoms with van der Waals surface area (Å²) in [4.78, 5) is 10.4. The molecule has 0 aromatic carbocycles. The number of halogens is 1. The monoisotopic (exact) mass is 204 g/mol. The van der Waals surface area contributed by atoms with Gasteiger partial charge >= 0.3 is 5.97 Å². The number of carboxylic acid groups (broad SMARTS) is 1. The Morgan fingerprint density at radius 2 is 2.31 bits per heavy atom. The first-order valence-corrected chi connectivity index (χ1v) is 3.57. The van der Waals surface area contributed by atoms with Crippen molar-refractivity contribution in [2.75, 3.05) is 0 Å². The fourth-order valence-electron chi connectivity index (χ4n) is 0.547. The lowest BCUT2D eigenvalue weighted by Crippen LogP contribution is -2.42. The van der Waals surface area contributed by atoms with Crippen LogP contribution in [0.4, 0.5) is 0 Å². The molecule has 0 aromatic heterocycles. The number of nitrogens with two attached hydrogens (primary N) is 1. The van der Waals surface area contributed by atoms with E-state index in [4.69, 9.17) is 16.1 Å². The van der Waals surface area contributed by atoms with Gasteiger partial charge in [-0.15, -0.1) is 12.4 Å². The van der Waals surface area contributed by atoms with Gasteiger partial charge in [-0.1, -0.05) is 12.2 Å². The van der Waals surface area contributed by atoms with E-state index < -0.39 is 11.5 Å². The molecular weight excluding hydrogens is 192 g/mol. The number of unbranched alkanes of at least 4 members (excludes halogenated alkanes) is 1. The van der Waals surface area contributed by atoms with Gasteiger partial charge in [0, 0.05) is 6.42 Å². The normalized spacial score (nSPS) is 14.2. The molecule has 5 heteroatoms. The topological polar surface area (TPSA) is 87.1 Å². The van der Waals surface area contributed by atoms with Gasteiger partial charge in [0.25, 0.3) is 0 Å². The van der Waals surface area contributed by atoms with Crippen LogP contribution >= 0.6 is 12.4 Å². The van der Waals surface area contributed by atoms with Crippen LogP contribution in [0, 0.1) is 11.3 Å². The van der Waals surface area contributed by atoms with Crippen LogP contribution < -0.4 is 5.73 Å². The summed E-state index contributed by atoms with van der Waals surface area (Å²) in [6, 6.07) is 1.94. The van der Waals surface area contributed by atoms with E-state index >= 15 is 0 Å². The van der Waals surface area contributed by atoms with E-state index in [-0.39, 0.29) is 12.4 Å². The second-order valence-corrected chi connectivity index (χ2v) is 2.69. The highest BCUT2D eigenvalue weighted by Gasteiger charge is 2.23. The Hall–Kier alpha value is -1.05. The summed E-state index contributed by atoms with van der Waals surface area (Å²) in [6.07, 6.45) is 3.92. The molecule has 0 fully saturated rings. The first-order valence-electron chi connectivity index (χ1n) is 3.57. The molecule has 13 heavy (non-hydrogen) atoms. The summed E-state index contributed by atoms with van der Waals surface area (Å²) in [7, 11) is 0. The number of hydrogen-bond donors (Lipinski definition) is 2. The van der Waals surface area contributed by atoms with Crippen molar-refractivity contribution in [3.05, 3.63) is 12.2 Å². The molecule has 3 N–H and O–H groups in total. The quantitative estimate of drug-likeness (QED) is 0.530. The summed E-state index contributed by atoms with van der Waals surface area (Å²) in [5.41, 5.74) is 4.05. The van der Waals surface area contributed by atoms with Crippen molar-refractivity contribution < 1.29 is 9.90 Å². The van der Waals surface area contributed by atoms with E-state index in [0.29, 0.717) is 12.8 Å². The molecular formula is C8H13ClN2O2. The number of nitriles is 1. The second-order valence-electron chi connectivity index (χ2n) is 2.69. The highest BCUT2D eigenvalue weighted by Crippen LogP contribution is 2.02. The van der Waals surface area contributed by atoms with Gasteiger partial charge in [0.2, 0.25) is 0 Å². The van der Waals surface area contributed by atoms with Crippen molar-refractivity contribution >= 4 is 18.4 Å². The molecule has 0 aliphatic heterocycles. The van der Waals surface area contributed by atoms with E-state index in [0.717, 1.165) is 0 Å². The van der Waals surface area contributed by atoms with E-state index in [2.05, 4.69) is 0 Å². The third-order valence-corrected chi connectivity index (χ3v) is 1.35. The molecule has 0 radical (unpaired) electrons. The van der Waals surface area contributed by atoms with E-state index in [1.807, 2.05) is 6.07 Å². The van der Waals surface area contributed by atoms with Crippen molar-refractivity contribution in [1.29, 1.82) is 5.26 Å². The van der Waals surface area contributed by atoms with Gasteiger partial charge in [-0.05, 0) is 13.3 Å². The lowest BCUT2D eigenvalue weighted by atomic mass is 10.0. The predicted molar refractivity (Wildman–Crippen MR) is 51.5 cm³/mol. The summed E-state index contributed by atoms with van der Waals surface area (Å²) in [5, 5.41) is 16.7. The average Bonchev–Trinajstić information content (AvgIpc) is 1.98. The minimum Gasteiger partial charge on any atom is -0.480 e. The number of aliphatic carboxylic acids is 1. The zero-order chi connectivity index (χ0) is 9.61. The number of carboxylic acids is 1. The van der Waals surface area contributed by atoms with Crippen LogP contribution in [0.2, 0.25) is 0 Å². The second kappa shape index (κ2) is 6.46. The van der Waals surface area contributed by atoms with Crippen LogP contribution in [0.1, 0.15) is 19.8 Å². The summed E-state index contributed by atoms with van der Waals surface area (Å²) in [6.45, 7) is 1.40. The molecule has 0 aromatic rings. The van der Waals surface area contributed by atoms with Gasteiger partial charge in [-0.25, -0.2) is 4.79 Å². The zero-order valence-electron chi connectivity index (χ0n) is 7.36. The van der Waals surface area contributed by atoms with Gasteiger partial charge in [0.05, 0.1) is 6.07 Å². The number of rotatable bonds is 4. The van der Waals surface area contributed by atoms with Crippen molar-refractivity contribution in [2.24, 2.45) is 5.73 Å². The molecule has 0 heterocycles. The molecule has 1 unspecified atom stereocenters. The van der Waals surface area contributed by atoms with Gasteiger partial charge in [-0.2, -0.15) is 5.26 Å². The maximum Gasteiger partial charge on any atom is 0.327 e. The minimum absolute atomic E-state index is 0. The highest BCUT2D eigenvalue weighted by molar-refractivity contribution is 5.85.